The maximum Gasteiger partial charge on any atom is 0.251 e. The standard InChI is InChI=1S/C17H16N4O2/c1-19-17(23)13-3-2-4-15(9-13)21-16(22)11-20-14-7-5-12(10-18)6-8-14/h2-9,20H,11H2,1H3,(H,19,23)(H,21,22). The van der Waals surface area contributed by atoms with Crippen molar-refractivity contribution in [3.8, 4) is 6.07 Å². The van der Waals surface area contributed by atoms with E-state index in [0.717, 1.165) is 5.69 Å². The minimum absolute atomic E-state index is 0.0795. The molecule has 6 heteroatoms. The first-order valence-corrected chi connectivity index (χ1v) is 6.98. The second-order valence-electron chi connectivity index (χ2n) is 4.75. The van der Waals surface area contributed by atoms with Gasteiger partial charge in [-0.25, -0.2) is 0 Å². The van der Waals surface area contributed by atoms with Gasteiger partial charge in [0, 0.05) is 24.0 Å². The molecule has 2 rings (SSSR count). The van der Waals surface area contributed by atoms with Gasteiger partial charge in [0.05, 0.1) is 18.2 Å². The third kappa shape index (κ3) is 4.58. The lowest BCUT2D eigenvalue weighted by atomic mass is 10.2. The van der Waals surface area contributed by atoms with Crippen LogP contribution < -0.4 is 16.0 Å². The van der Waals surface area contributed by atoms with Crippen molar-refractivity contribution in [3.05, 3.63) is 59.7 Å². The predicted molar refractivity (Wildman–Crippen MR) is 88.1 cm³/mol. The summed E-state index contributed by atoms with van der Waals surface area (Å²) in [5.74, 6) is -0.444. The molecule has 0 aromatic heterocycles. The molecule has 0 aliphatic carbocycles. The van der Waals surface area contributed by atoms with Crippen molar-refractivity contribution in [2.75, 3.05) is 24.2 Å². The summed E-state index contributed by atoms with van der Waals surface area (Å²) >= 11 is 0. The zero-order valence-electron chi connectivity index (χ0n) is 12.6. The van der Waals surface area contributed by atoms with E-state index in [-0.39, 0.29) is 18.4 Å². The highest BCUT2D eigenvalue weighted by atomic mass is 16.2. The van der Waals surface area contributed by atoms with Gasteiger partial charge in [-0.1, -0.05) is 6.07 Å². The maximum atomic E-state index is 11.9. The molecule has 0 bridgehead atoms. The number of nitrogens with one attached hydrogen (secondary N) is 3. The summed E-state index contributed by atoms with van der Waals surface area (Å²) in [6.45, 7) is 0.0795. The van der Waals surface area contributed by atoms with Crippen molar-refractivity contribution >= 4 is 23.2 Å². The number of amides is 2. The molecule has 116 valence electrons. The van der Waals surface area contributed by atoms with Crippen molar-refractivity contribution in [3.63, 3.8) is 0 Å². The number of rotatable bonds is 5. The van der Waals surface area contributed by atoms with Crippen LogP contribution in [-0.4, -0.2) is 25.4 Å². The van der Waals surface area contributed by atoms with Crippen molar-refractivity contribution < 1.29 is 9.59 Å². The monoisotopic (exact) mass is 308 g/mol. The van der Waals surface area contributed by atoms with Gasteiger partial charge < -0.3 is 16.0 Å². The highest BCUT2D eigenvalue weighted by molar-refractivity contribution is 5.97. The number of carbonyl (C=O) groups is 2. The molecule has 0 fully saturated rings. The third-order valence-corrected chi connectivity index (χ3v) is 3.10. The Kier molecular flexibility index (Phi) is 5.31. The van der Waals surface area contributed by atoms with Crippen LogP contribution in [0.5, 0.6) is 0 Å². The molecule has 0 aliphatic rings. The summed E-state index contributed by atoms with van der Waals surface area (Å²) in [6.07, 6.45) is 0. The summed E-state index contributed by atoms with van der Waals surface area (Å²) in [5.41, 5.74) is 2.34. The molecule has 3 N–H and O–H groups in total. The number of hydrogen-bond donors (Lipinski definition) is 3. The maximum absolute atomic E-state index is 11.9. The Labute approximate surface area is 134 Å². The summed E-state index contributed by atoms with van der Waals surface area (Å²) in [4.78, 5) is 23.5. The van der Waals surface area contributed by atoms with Gasteiger partial charge in [0.25, 0.3) is 5.91 Å². The Bertz CT molecular complexity index is 748. The first kappa shape index (κ1) is 16.0. The quantitative estimate of drug-likeness (QED) is 0.787. The lowest BCUT2D eigenvalue weighted by Gasteiger charge is -2.09. The Morgan fingerprint density at radius 3 is 2.48 bits per heavy atom. The van der Waals surface area contributed by atoms with Gasteiger partial charge in [0.2, 0.25) is 5.91 Å². The van der Waals surface area contributed by atoms with Crippen LogP contribution in [0.15, 0.2) is 48.5 Å². The highest BCUT2D eigenvalue weighted by Crippen LogP contribution is 2.11. The van der Waals surface area contributed by atoms with Crippen molar-refractivity contribution in [1.82, 2.24) is 5.32 Å². The van der Waals surface area contributed by atoms with Crippen LogP contribution in [0, 0.1) is 11.3 Å². The van der Waals surface area contributed by atoms with Gasteiger partial charge >= 0.3 is 0 Å². The van der Waals surface area contributed by atoms with E-state index in [0.29, 0.717) is 16.8 Å². The summed E-state index contributed by atoms with van der Waals surface area (Å²) in [7, 11) is 1.55. The van der Waals surface area contributed by atoms with Crippen molar-refractivity contribution in [1.29, 1.82) is 5.26 Å². The van der Waals surface area contributed by atoms with E-state index in [1.807, 2.05) is 6.07 Å². The molecule has 2 amide bonds. The number of carbonyl (C=O) groups excluding carboxylic acids is 2. The molecular weight excluding hydrogens is 292 g/mol. The third-order valence-electron chi connectivity index (χ3n) is 3.10. The molecular formula is C17H16N4O2. The van der Waals surface area contributed by atoms with Gasteiger partial charge in [-0.15, -0.1) is 0 Å². The average Bonchev–Trinajstić information content (AvgIpc) is 2.60. The summed E-state index contributed by atoms with van der Waals surface area (Å²) < 4.78 is 0. The first-order chi connectivity index (χ1) is 11.1. The van der Waals surface area contributed by atoms with Gasteiger partial charge in [-0.2, -0.15) is 5.26 Å². The fourth-order valence-corrected chi connectivity index (χ4v) is 1.93. The fourth-order valence-electron chi connectivity index (χ4n) is 1.93. The number of nitrogens with zero attached hydrogens (tertiary/aromatic N) is 1. The van der Waals surface area contributed by atoms with Gasteiger partial charge in [-0.05, 0) is 42.5 Å². The molecule has 0 radical (unpaired) electrons. The molecule has 6 nitrogen and oxygen atoms in total. The van der Waals surface area contributed by atoms with Crippen LogP contribution in [0.2, 0.25) is 0 Å². The second-order valence-corrected chi connectivity index (χ2v) is 4.75. The Balaban J connectivity index is 1.91. The molecule has 2 aromatic rings. The van der Waals surface area contributed by atoms with Crippen LogP contribution in [0.3, 0.4) is 0 Å². The molecule has 0 aliphatic heterocycles. The van der Waals surface area contributed by atoms with Crippen molar-refractivity contribution in [2.24, 2.45) is 0 Å². The zero-order valence-corrected chi connectivity index (χ0v) is 12.6. The zero-order chi connectivity index (χ0) is 16.7. The minimum atomic E-state index is -0.233. The van der Waals surface area contributed by atoms with Crippen LogP contribution in [0.4, 0.5) is 11.4 Å². The van der Waals surface area contributed by atoms with Crippen LogP contribution >= 0.6 is 0 Å². The number of hydrogen-bond acceptors (Lipinski definition) is 4. The molecule has 0 atom stereocenters. The lowest BCUT2D eigenvalue weighted by molar-refractivity contribution is -0.114. The number of anilines is 2. The van der Waals surface area contributed by atoms with Crippen LogP contribution in [0.1, 0.15) is 15.9 Å². The largest absolute Gasteiger partial charge is 0.376 e. The molecule has 0 unspecified atom stereocenters. The van der Waals surface area contributed by atoms with E-state index >= 15 is 0 Å². The predicted octanol–water partition coefficient (Wildman–Crippen LogP) is 1.97. The Morgan fingerprint density at radius 1 is 1.09 bits per heavy atom. The minimum Gasteiger partial charge on any atom is -0.376 e. The second kappa shape index (κ2) is 7.61. The van der Waals surface area contributed by atoms with E-state index < -0.39 is 0 Å². The normalized spacial score (nSPS) is 9.57. The van der Waals surface area contributed by atoms with Crippen molar-refractivity contribution in [2.45, 2.75) is 0 Å². The molecule has 23 heavy (non-hydrogen) atoms. The van der Waals surface area contributed by atoms with Crippen LogP contribution in [0.25, 0.3) is 0 Å². The smallest absolute Gasteiger partial charge is 0.251 e. The van der Waals surface area contributed by atoms with E-state index in [4.69, 9.17) is 5.26 Å². The lowest BCUT2D eigenvalue weighted by Crippen LogP contribution is -2.22. The SMILES string of the molecule is CNC(=O)c1cccc(NC(=O)CNc2ccc(C#N)cc2)c1. The summed E-state index contributed by atoms with van der Waals surface area (Å²) in [6, 6.07) is 15.5. The van der Waals surface area contributed by atoms with Gasteiger partial charge in [0.15, 0.2) is 0 Å². The first-order valence-electron chi connectivity index (χ1n) is 6.98. The number of nitriles is 1. The molecule has 0 saturated heterocycles. The Morgan fingerprint density at radius 2 is 1.83 bits per heavy atom. The molecule has 2 aromatic carbocycles. The molecule has 0 spiro atoms. The highest BCUT2D eigenvalue weighted by Gasteiger charge is 2.06. The van der Waals surface area contributed by atoms with E-state index in [2.05, 4.69) is 16.0 Å². The molecule has 0 saturated carbocycles. The fraction of sp³-hybridized carbons (Fsp3) is 0.118. The van der Waals surface area contributed by atoms with E-state index in [9.17, 15) is 9.59 Å². The number of benzene rings is 2. The van der Waals surface area contributed by atoms with E-state index in [1.54, 1.807) is 55.6 Å². The molecule has 0 heterocycles. The summed E-state index contributed by atoms with van der Waals surface area (Å²) in [5, 5.41) is 16.9. The van der Waals surface area contributed by atoms with Gasteiger partial charge in [-0.3, -0.25) is 9.59 Å². The van der Waals surface area contributed by atoms with Gasteiger partial charge in [0.1, 0.15) is 0 Å². The topological polar surface area (TPSA) is 94.0 Å². The average molecular weight is 308 g/mol. The van der Waals surface area contributed by atoms with E-state index in [1.165, 1.54) is 0 Å². The van der Waals surface area contributed by atoms with Crippen LogP contribution in [-0.2, 0) is 4.79 Å². The Hall–Kier alpha value is -3.33.